The molecule has 0 heterocycles. The molecule has 6 heteroatoms. The lowest BCUT2D eigenvalue weighted by atomic mass is 10.0. The van der Waals surface area contributed by atoms with E-state index in [2.05, 4.69) is 0 Å². The van der Waals surface area contributed by atoms with E-state index < -0.39 is 27.3 Å². The van der Waals surface area contributed by atoms with Gasteiger partial charge in [-0.15, -0.1) is 0 Å². The molecule has 0 aliphatic rings. The maximum atomic E-state index is 13.5. The van der Waals surface area contributed by atoms with Crippen LogP contribution in [0.2, 0.25) is 0 Å². The van der Waals surface area contributed by atoms with Gasteiger partial charge in [-0.2, -0.15) is 0 Å². The minimum Gasteiger partial charge on any atom is -0.294 e. The van der Waals surface area contributed by atoms with Crippen molar-refractivity contribution in [3.63, 3.8) is 0 Å². The lowest BCUT2D eigenvalue weighted by Crippen LogP contribution is -2.07. The molecule has 0 aliphatic heterocycles. The zero-order chi connectivity index (χ0) is 15.6. The van der Waals surface area contributed by atoms with Gasteiger partial charge in [0.05, 0.1) is 4.90 Å². The van der Waals surface area contributed by atoms with Crippen molar-refractivity contribution in [3.8, 4) is 0 Å². The highest BCUT2D eigenvalue weighted by Gasteiger charge is 2.14. The highest BCUT2D eigenvalue weighted by Crippen LogP contribution is 2.16. The summed E-state index contributed by atoms with van der Waals surface area (Å²) in [7, 11) is -3.34. The van der Waals surface area contributed by atoms with Crippen LogP contribution >= 0.6 is 0 Å². The molecule has 21 heavy (non-hydrogen) atoms. The second kappa shape index (κ2) is 5.73. The fourth-order valence-corrected chi connectivity index (χ4v) is 2.48. The van der Waals surface area contributed by atoms with Crippen molar-refractivity contribution < 1.29 is 22.0 Å². The summed E-state index contributed by atoms with van der Waals surface area (Å²) >= 11 is 0. The van der Waals surface area contributed by atoms with E-state index in [9.17, 15) is 22.0 Å². The Labute approximate surface area is 121 Å². The van der Waals surface area contributed by atoms with Crippen LogP contribution in [0.25, 0.3) is 0 Å². The molecule has 110 valence electrons. The van der Waals surface area contributed by atoms with Gasteiger partial charge in [-0.05, 0) is 23.8 Å². The first-order valence-electron chi connectivity index (χ1n) is 6.05. The minimum absolute atomic E-state index is 0.0350. The van der Waals surface area contributed by atoms with Crippen molar-refractivity contribution in [3.05, 3.63) is 65.2 Å². The van der Waals surface area contributed by atoms with Crippen molar-refractivity contribution in [1.82, 2.24) is 0 Å². The molecule has 2 aromatic rings. The Morgan fingerprint density at radius 1 is 1.05 bits per heavy atom. The van der Waals surface area contributed by atoms with Crippen molar-refractivity contribution >= 4 is 15.6 Å². The van der Waals surface area contributed by atoms with Crippen LogP contribution in [0.1, 0.15) is 15.9 Å². The molecular weight excluding hydrogens is 298 g/mol. The van der Waals surface area contributed by atoms with Gasteiger partial charge < -0.3 is 0 Å². The van der Waals surface area contributed by atoms with Crippen LogP contribution in [-0.2, 0) is 16.3 Å². The zero-order valence-corrected chi connectivity index (χ0v) is 12.0. The van der Waals surface area contributed by atoms with Crippen LogP contribution in [0, 0.1) is 11.6 Å². The van der Waals surface area contributed by atoms with Crippen LogP contribution in [0.5, 0.6) is 0 Å². The number of benzene rings is 2. The maximum Gasteiger partial charge on any atom is 0.175 e. The highest BCUT2D eigenvalue weighted by atomic mass is 32.2. The number of hydrogen-bond acceptors (Lipinski definition) is 3. The Kier molecular flexibility index (Phi) is 4.18. The zero-order valence-electron chi connectivity index (χ0n) is 11.1. The van der Waals surface area contributed by atoms with Gasteiger partial charge >= 0.3 is 0 Å². The van der Waals surface area contributed by atoms with Gasteiger partial charge in [-0.3, -0.25) is 4.79 Å². The van der Waals surface area contributed by atoms with E-state index in [4.69, 9.17) is 0 Å². The number of carbonyl (C=O) groups excluding carboxylic acids is 1. The summed E-state index contributed by atoms with van der Waals surface area (Å²) in [5.41, 5.74) is 0.207. The summed E-state index contributed by atoms with van der Waals surface area (Å²) in [6.07, 6.45) is 0.772. The second-order valence-electron chi connectivity index (χ2n) is 4.61. The Hall–Kier alpha value is -2.08. The smallest absolute Gasteiger partial charge is 0.175 e. The van der Waals surface area contributed by atoms with E-state index in [0.717, 1.165) is 12.3 Å². The molecule has 0 atom stereocenters. The molecule has 0 spiro atoms. The van der Waals surface area contributed by atoms with E-state index >= 15 is 0 Å². The Morgan fingerprint density at radius 3 is 2.24 bits per heavy atom. The van der Waals surface area contributed by atoms with E-state index in [0.29, 0.717) is 0 Å². The quantitative estimate of drug-likeness (QED) is 0.816. The second-order valence-corrected chi connectivity index (χ2v) is 6.63. The Bertz CT molecular complexity index is 781. The third-order valence-corrected chi connectivity index (χ3v) is 4.12. The van der Waals surface area contributed by atoms with Gasteiger partial charge in [0, 0.05) is 18.2 Å². The van der Waals surface area contributed by atoms with Gasteiger partial charge in [-0.25, -0.2) is 17.2 Å². The number of Topliss-reactive ketones (excluding diaryl/α,β-unsaturated/α-hetero) is 1. The molecule has 0 aromatic heterocycles. The average Bonchev–Trinajstić information content (AvgIpc) is 2.43. The first-order valence-corrected chi connectivity index (χ1v) is 7.94. The molecule has 0 N–H and O–H groups in total. The number of hydrogen-bond donors (Lipinski definition) is 0. The molecule has 0 fully saturated rings. The SMILES string of the molecule is CS(=O)(=O)c1ccc(C(=O)Cc2cccc(F)c2F)cc1. The maximum absolute atomic E-state index is 13.5. The van der Waals surface area contributed by atoms with Crippen LogP contribution in [-0.4, -0.2) is 20.5 Å². The summed E-state index contributed by atoms with van der Waals surface area (Å²) in [6.45, 7) is 0. The normalized spacial score (nSPS) is 11.4. The van der Waals surface area contributed by atoms with E-state index in [1.165, 1.54) is 36.4 Å². The topological polar surface area (TPSA) is 51.2 Å². The molecule has 0 unspecified atom stereocenters. The van der Waals surface area contributed by atoms with Gasteiger partial charge in [0.1, 0.15) is 0 Å². The average molecular weight is 310 g/mol. The fraction of sp³-hybridized carbons (Fsp3) is 0.133. The fourth-order valence-electron chi connectivity index (χ4n) is 1.85. The van der Waals surface area contributed by atoms with Crippen LogP contribution in [0.4, 0.5) is 8.78 Å². The summed E-state index contributed by atoms with van der Waals surface area (Å²) in [4.78, 5) is 12.1. The first-order chi connectivity index (χ1) is 9.79. The van der Waals surface area contributed by atoms with E-state index in [-0.39, 0.29) is 22.4 Å². The predicted octanol–water partition coefficient (Wildman–Crippen LogP) is 2.79. The Balaban J connectivity index is 2.23. The van der Waals surface area contributed by atoms with Gasteiger partial charge in [0.25, 0.3) is 0 Å². The molecule has 0 radical (unpaired) electrons. The first kappa shape index (κ1) is 15.3. The molecule has 2 aromatic carbocycles. The van der Waals surface area contributed by atoms with Crippen LogP contribution in [0.3, 0.4) is 0 Å². The van der Waals surface area contributed by atoms with Crippen molar-refractivity contribution in [1.29, 1.82) is 0 Å². The molecule has 2 rings (SSSR count). The predicted molar refractivity (Wildman–Crippen MR) is 73.9 cm³/mol. The molecule has 0 bridgehead atoms. The summed E-state index contributed by atoms with van der Waals surface area (Å²) in [5, 5.41) is 0. The lowest BCUT2D eigenvalue weighted by Gasteiger charge is -2.05. The van der Waals surface area contributed by atoms with Crippen molar-refractivity contribution in [2.75, 3.05) is 6.26 Å². The van der Waals surface area contributed by atoms with E-state index in [1.54, 1.807) is 0 Å². The Morgan fingerprint density at radius 2 is 1.67 bits per heavy atom. The molecule has 0 amide bonds. The summed E-state index contributed by atoms with van der Waals surface area (Å²) < 4.78 is 49.2. The molecule has 0 saturated carbocycles. The van der Waals surface area contributed by atoms with Crippen molar-refractivity contribution in [2.45, 2.75) is 11.3 Å². The van der Waals surface area contributed by atoms with Crippen LogP contribution in [0.15, 0.2) is 47.4 Å². The number of rotatable bonds is 4. The number of halogens is 2. The summed E-state index contributed by atoms with van der Waals surface area (Å²) in [6, 6.07) is 8.97. The molecule has 0 aliphatic carbocycles. The summed E-state index contributed by atoms with van der Waals surface area (Å²) in [5.74, 6) is -2.47. The molecular formula is C15H12F2O3S. The monoisotopic (exact) mass is 310 g/mol. The van der Waals surface area contributed by atoms with Gasteiger partial charge in [0.2, 0.25) is 0 Å². The standard InChI is InChI=1S/C15H12F2O3S/c1-21(19,20)12-7-5-10(6-8-12)14(18)9-11-3-2-4-13(16)15(11)17/h2-8H,9H2,1H3. The molecule has 0 saturated heterocycles. The number of sulfone groups is 1. The van der Waals surface area contributed by atoms with Crippen molar-refractivity contribution in [2.24, 2.45) is 0 Å². The lowest BCUT2D eigenvalue weighted by molar-refractivity contribution is 0.0991. The number of carbonyl (C=O) groups is 1. The third-order valence-electron chi connectivity index (χ3n) is 2.99. The van der Waals surface area contributed by atoms with E-state index in [1.807, 2.05) is 0 Å². The minimum atomic E-state index is -3.34. The van der Waals surface area contributed by atoms with Crippen LogP contribution < -0.4 is 0 Å². The molecule has 3 nitrogen and oxygen atoms in total. The highest BCUT2D eigenvalue weighted by molar-refractivity contribution is 7.90. The van der Waals surface area contributed by atoms with Gasteiger partial charge in [0.15, 0.2) is 27.3 Å². The van der Waals surface area contributed by atoms with Gasteiger partial charge in [-0.1, -0.05) is 24.3 Å². The third kappa shape index (κ3) is 3.52. The number of ketones is 1. The largest absolute Gasteiger partial charge is 0.294 e.